The van der Waals surface area contributed by atoms with Crippen LogP contribution < -0.4 is 5.32 Å². The standard InChI is InChI=1S/C12H13ClFNO/c13-10-6-8(4-5-11(10)14)7-15-12(16)9-2-1-3-9/h4-6,9H,1-3,7H2,(H,15,16). The van der Waals surface area contributed by atoms with E-state index in [0.29, 0.717) is 6.54 Å². The molecule has 0 unspecified atom stereocenters. The molecule has 1 aliphatic carbocycles. The molecule has 0 atom stereocenters. The summed E-state index contributed by atoms with van der Waals surface area (Å²) in [7, 11) is 0. The fraction of sp³-hybridized carbons (Fsp3) is 0.417. The second kappa shape index (κ2) is 4.83. The molecule has 2 nitrogen and oxygen atoms in total. The summed E-state index contributed by atoms with van der Waals surface area (Å²) in [6.07, 6.45) is 3.10. The fourth-order valence-corrected chi connectivity index (χ4v) is 1.86. The van der Waals surface area contributed by atoms with Crippen LogP contribution in [0, 0.1) is 11.7 Å². The van der Waals surface area contributed by atoms with Crippen molar-refractivity contribution in [2.45, 2.75) is 25.8 Å². The van der Waals surface area contributed by atoms with Gasteiger partial charge < -0.3 is 5.32 Å². The summed E-state index contributed by atoms with van der Waals surface area (Å²) in [5, 5.41) is 2.92. The van der Waals surface area contributed by atoms with E-state index in [1.165, 1.54) is 12.1 Å². The van der Waals surface area contributed by atoms with Crippen molar-refractivity contribution in [2.24, 2.45) is 5.92 Å². The van der Waals surface area contributed by atoms with Crippen LogP contribution in [0.4, 0.5) is 4.39 Å². The highest BCUT2D eigenvalue weighted by atomic mass is 35.5. The van der Waals surface area contributed by atoms with Crippen LogP contribution in [0.3, 0.4) is 0 Å². The third kappa shape index (κ3) is 2.53. The summed E-state index contributed by atoms with van der Waals surface area (Å²) in [5.74, 6) is -0.168. The van der Waals surface area contributed by atoms with E-state index in [-0.39, 0.29) is 16.8 Å². The third-order valence-electron chi connectivity index (χ3n) is 2.93. The molecule has 0 spiro atoms. The van der Waals surface area contributed by atoms with E-state index in [1.807, 2.05) is 0 Å². The van der Waals surface area contributed by atoms with Crippen molar-refractivity contribution in [1.29, 1.82) is 0 Å². The monoisotopic (exact) mass is 241 g/mol. The van der Waals surface area contributed by atoms with Crippen molar-refractivity contribution in [3.63, 3.8) is 0 Å². The predicted molar refractivity (Wildman–Crippen MR) is 60.6 cm³/mol. The molecule has 1 amide bonds. The molecule has 86 valence electrons. The van der Waals surface area contributed by atoms with Gasteiger partial charge in [-0.1, -0.05) is 24.1 Å². The van der Waals surface area contributed by atoms with Crippen LogP contribution in [-0.2, 0) is 11.3 Å². The first-order valence-corrected chi connectivity index (χ1v) is 5.76. The Morgan fingerprint density at radius 3 is 2.81 bits per heavy atom. The molecule has 2 rings (SSSR count). The van der Waals surface area contributed by atoms with Crippen molar-refractivity contribution in [3.8, 4) is 0 Å². The second-order valence-electron chi connectivity index (χ2n) is 4.09. The van der Waals surface area contributed by atoms with E-state index >= 15 is 0 Å². The van der Waals surface area contributed by atoms with E-state index in [0.717, 1.165) is 24.8 Å². The lowest BCUT2D eigenvalue weighted by atomic mass is 9.85. The first-order chi connectivity index (χ1) is 7.66. The molecular weight excluding hydrogens is 229 g/mol. The smallest absolute Gasteiger partial charge is 0.223 e. The lowest BCUT2D eigenvalue weighted by molar-refractivity contribution is -0.127. The molecule has 0 radical (unpaired) electrons. The number of benzene rings is 1. The van der Waals surface area contributed by atoms with E-state index in [1.54, 1.807) is 6.07 Å². The Morgan fingerprint density at radius 1 is 1.50 bits per heavy atom. The average molecular weight is 242 g/mol. The lowest BCUT2D eigenvalue weighted by Crippen LogP contribution is -2.33. The molecule has 1 aromatic rings. The number of halogens is 2. The molecule has 16 heavy (non-hydrogen) atoms. The van der Waals surface area contributed by atoms with Crippen LogP contribution in [0.2, 0.25) is 5.02 Å². The second-order valence-corrected chi connectivity index (χ2v) is 4.50. The number of rotatable bonds is 3. The highest BCUT2D eigenvalue weighted by Gasteiger charge is 2.24. The van der Waals surface area contributed by atoms with E-state index in [2.05, 4.69) is 5.32 Å². The highest BCUT2D eigenvalue weighted by Crippen LogP contribution is 2.26. The zero-order valence-electron chi connectivity index (χ0n) is 8.80. The van der Waals surface area contributed by atoms with Crippen LogP contribution in [0.5, 0.6) is 0 Å². The van der Waals surface area contributed by atoms with Gasteiger partial charge in [-0.2, -0.15) is 0 Å². The summed E-state index contributed by atoms with van der Waals surface area (Å²) in [6.45, 7) is 0.412. The molecule has 1 aromatic carbocycles. The summed E-state index contributed by atoms with van der Waals surface area (Å²) in [6, 6.07) is 4.48. The molecule has 1 fully saturated rings. The van der Waals surface area contributed by atoms with Gasteiger partial charge in [-0.15, -0.1) is 0 Å². The molecule has 0 aromatic heterocycles. The van der Waals surface area contributed by atoms with Crippen molar-refractivity contribution in [1.82, 2.24) is 5.32 Å². The molecular formula is C12H13ClFNO. The van der Waals surface area contributed by atoms with Crippen LogP contribution in [0.1, 0.15) is 24.8 Å². The Hall–Kier alpha value is -1.09. The van der Waals surface area contributed by atoms with E-state index in [9.17, 15) is 9.18 Å². The van der Waals surface area contributed by atoms with Crippen LogP contribution in [-0.4, -0.2) is 5.91 Å². The quantitative estimate of drug-likeness (QED) is 0.866. The number of nitrogens with one attached hydrogen (secondary N) is 1. The Balaban J connectivity index is 1.89. The Kier molecular flexibility index (Phi) is 3.44. The zero-order valence-corrected chi connectivity index (χ0v) is 9.56. The predicted octanol–water partition coefficient (Wildman–Crippen LogP) is 2.90. The summed E-state index contributed by atoms with van der Waals surface area (Å²) < 4.78 is 12.9. The van der Waals surface area contributed by atoms with Gasteiger partial charge in [-0.25, -0.2) is 4.39 Å². The molecule has 1 N–H and O–H groups in total. The fourth-order valence-electron chi connectivity index (χ4n) is 1.65. The Labute approximate surface area is 98.8 Å². The lowest BCUT2D eigenvalue weighted by Gasteiger charge is -2.24. The van der Waals surface area contributed by atoms with Gasteiger partial charge >= 0.3 is 0 Å². The molecule has 0 heterocycles. The maximum Gasteiger partial charge on any atom is 0.223 e. The number of amides is 1. The summed E-state index contributed by atoms with van der Waals surface area (Å²) >= 11 is 5.64. The number of hydrogen-bond acceptors (Lipinski definition) is 1. The number of carbonyl (C=O) groups is 1. The van der Waals surface area contributed by atoms with Gasteiger partial charge in [-0.3, -0.25) is 4.79 Å². The normalized spacial score (nSPS) is 15.6. The maximum absolute atomic E-state index is 12.9. The summed E-state index contributed by atoms with van der Waals surface area (Å²) in [5.41, 5.74) is 0.819. The SMILES string of the molecule is O=C(NCc1ccc(F)c(Cl)c1)C1CCC1. The van der Waals surface area contributed by atoms with Crippen LogP contribution in [0.15, 0.2) is 18.2 Å². The summed E-state index contributed by atoms with van der Waals surface area (Å²) in [4.78, 5) is 11.5. The number of carbonyl (C=O) groups excluding carboxylic acids is 1. The third-order valence-corrected chi connectivity index (χ3v) is 3.22. The minimum Gasteiger partial charge on any atom is -0.352 e. The van der Waals surface area contributed by atoms with Gasteiger partial charge in [0.25, 0.3) is 0 Å². The first-order valence-electron chi connectivity index (χ1n) is 5.38. The Bertz CT molecular complexity index is 404. The van der Waals surface area contributed by atoms with Crippen molar-refractivity contribution >= 4 is 17.5 Å². The van der Waals surface area contributed by atoms with Crippen molar-refractivity contribution in [2.75, 3.05) is 0 Å². The molecule has 1 aliphatic rings. The highest BCUT2D eigenvalue weighted by molar-refractivity contribution is 6.30. The van der Waals surface area contributed by atoms with Gasteiger partial charge in [0.15, 0.2) is 0 Å². The van der Waals surface area contributed by atoms with Gasteiger partial charge in [-0.05, 0) is 30.5 Å². The topological polar surface area (TPSA) is 29.1 Å². The van der Waals surface area contributed by atoms with E-state index < -0.39 is 5.82 Å². The minimum atomic E-state index is -0.435. The van der Waals surface area contributed by atoms with Gasteiger partial charge in [0, 0.05) is 12.5 Å². The van der Waals surface area contributed by atoms with Gasteiger partial charge in [0.2, 0.25) is 5.91 Å². The maximum atomic E-state index is 12.9. The molecule has 1 saturated carbocycles. The largest absolute Gasteiger partial charge is 0.352 e. The van der Waals surface area contributed by atoms with E-state index in [4.69, 9.17) is 11.6 Å². The minimum absolute atomic E-state index is 0.0895. The van der Waals surface area contributed by atoms with Crippen molar-refractivity contribution in [3.05, 3.63) is 34.6 Å². The van der Waals surface area contributed by atoms with Crippen LogP contribution >= 0.6 is 11.6 Å². The van der Waals surface area contributed by atoms with Crippen molar-refractivity contribution < 1.29 is 9.18 Å². The van der Waals surface area contributed by atoms with Gasteiger partial charge in [0.05, 0.1) is 5.02 Å². The molecule has 4 heteroatoms. The molecule has 0 saturated heterocycles. The molecule has 0 aliphatic heterocycles. The molecule has 0 bridgehead atoms. The Morgan fingerprint density at radius 2 is 2.25 bits per heavy atom. The zero-order chi connectivity index (χ0) is 11.5. The van der Waals surface area contributed by atoms with Crippen LogP contribution in [0.25, 0.3) is 0 Å². The van der Waals surface area contributed by atoms with Gasteiger partial charge in [0.1, 0.15) is 5.82 Å². The number of hydrogen-bond donors (Lipinski definition) is 1. The first kappa shape index (κ1) is 11.4. The average Bonchev–Trinajstić information content (AvgIpc) is 2.17.